The van der Waals surface area contributed by atoms with Gasteiger partial charge in [0.1, 0.15) is 12.1 Å². The van der Waals surface area contributed by atoms with Crippen molar-refractivity contribution in [2.24, 2.45) is 0 Å². The summed E-state index contributed by atoms with van der Waals surface area (Å²) in [6.45, 7) is 0. The molecule has 0 bridgehead atoms. The number of fused-ring (bicyclic) bond motifs is 1. The molecule has 0 aliphatic carbocycles. The Morgan fingerprint density at radius 2 is 1.61 bits per heavy atom. The highest BCUT2D eigenvalue weighted by Gasteiger charge is 2.13. The van der Waals surface area contributed by atoms with Gasteiger partial charge in [-0.2, -0.15) is 0 Å². The number of carbonyl (C=O) groups excluding carboxylic acids is 1. The van der Waals surface area contributed by atoms with Crippen LogP contribution in [0.5, 0.6) is 23.1 Å². The number of hydrogen-bond acceptors (Lipinski definition) is 7. The van der Waals surface area contributed by atoms with Crippen molar-refractivity contribution in [3.8, 4) is 23.1 Å². The normalized spacial score (nSPS) is 10.4. The summed E-state index contributed by atoms with van der Waals surface area (Å²) in [5.41, 5.74) is 1.88. The summed E-state index contributed by atoms with van der Waals surface area (Å²) in [4.78, 5) is 20.7. The molecule has 0 fully saturated rings. The fraction of sp³-hybridized carbons (Fsp3) is 0.0833. The molecule has 4 aromatic rings. The van der Waals surface area contributed by atoms with Crippen molar-refractivity contribution in [2.75, 3.05) is 19.5 Å². The minimum atomic E-state index is -0.282. The first-order valence-corrected chi connectivity index (χ1v) is 10.3. The van der Waals surface area contributed by atoms with Crippen LogP contribution in [-0.4, -0.2) is 35.2 Å². The van der Waals surface area contributed by atoms with Gasteiger partial charge in [0.15, 0.2) is 16.6 Å². The quantitative estimate of drug-likeness (QED) is 0.404. The van der Waals surface area contributed by atoms with E-state index in [-0.39, 0.29) is 11.0 Å². The largest absolute Gasteiger partial charge is 0.493 e. The Kier molecular flexibility index (Phi) is 6.61. The van der Waals surface area contributed by atoms with E-state index in [0.717, 1.165) is 0 Å². The molecule has 166 valence electrons. The third-order valence-electron chi connectivity index (χ3n) is 4.69. The van der Waals surface area contributed by atoms with Gasteiger partial charge in [-0.3, -0.25) is 10.1 Å². The van der Waals surface area contributed by atoms with Crippen molar-refractivity contribution in [1.29, 1.82) is 0 Å². The number of methoxy groups -OCH3 is 2. The number of hydrogen-bond donors (Lipinski definition) is 2. The third kappa shape index (κ3) is 5.16. The van der Waals surface area contributed by atoms with Crippen molar-refractivity contribution in [3.63, 3.8) is 0 Å². The third-order valence-corrected chi connectivity index (χ3v) is 4.90. The fourth-order valence-electron chi connectivity index (χ4n) is 3.09. The molecule has 4 rings (SSSR count). The number of rotatable bonds is 6. The van der Waals surface area contributed by atoms with Gasteiger partial charge >= 0.3 is 0 Å². The molecule has 0 unspecified atom stereocenters. The van der Waals surface area contributed by atoms with E-state index in [1.165, 1.54) is 6.33 Å². The molecule has 2 N–H and O–H groups in total. The zero-order chi connectivity index (χ0) is 23.2. The average Bonchev–Trinajstić information content (AvgIpc) is 2.85. The maximum Gasteiger partial charge on any atom is 0.257 e. The molecule has 0 aliphatic heterocycles. The maximum atomic E-state index is 12.2. The zero-order valence-electron chi connectivity index (χ0n) is 17.9. The van der Waals surface area contributed by atoms with Gasteiger partial charge in [0.05, 0.1) is 25.1 Å². The average molecular weight is 461 g/mol. The van der Waals surface area contributed by atoms with Gasteiger partial charge in [-0.25, -0.2) is 9.97 Å². The minimum Gasteiger partial charge on any atom is -0.493 e. The Morgan fingerprint density at radius 1 is 0.909 bits per heavy atom. The van der Waals surface area contributed by atoms with Crippen molar-refractivity contribution >= 4 is 39.8 Å². The lowest BCUT2D eigenvalue weighted by Crippen LogP contribution is -2.34. The molecule has 0 saturated heterocycles. The molecule has 0 spiro atoms. The second-order valence-electron chi connectivity index (χ2n) is 6.80. The number of nitrogens with zero attached hydrogens (tertiary/aromatic N) is 2. The molecule has 1 aromatic heterocycles. The van der Waals surface area contributed by atoms with Gasteiger partial charge in [0, 0.05) is 17.3 Å². The van der Waals surface area contributed by atoms with Gasteiger partial charge in [-0.05, 0) is 54.7 Å². The van der Waals surface area contributed by atoms with Crippen LogP contribution in [0.15, 0.2) is 73.1 Å². The molecule has 3 aromatic carbocycles. The first-order valence-electron chi connectivity index (χ1n) is 9.89. The molecular weight excluding hydrogens is 440 g/mol. The maximum absolute atomic E-state index is 12.2. The smallest absolute Gasteiger partial charge is 0.257 e. The summed E-state index contributed by atoms with van der Waals surface area (Å²) in [5.74, 6) is 1.79. The van der Waals surface area contributed by atoms with Crippen LogP contribution >= 0.6 is 12.2 Å². The molecule has 1 amide bonds. The summed E-state index contributed by atoms with van der Waals surface area (Å²) >= 11 is 5.23. The van der Waals surface area contributed by atoms with Crippen molar-refractivity contribution in [1.82, 2.24) is 15.3 Å². The lowest BCUT2D eigenvalue weighted by atomic mass is 10.2. The highest BCUT2D eigenvalue weighted by atomic mass is 32.1. The summed E-state index contributed by atoms with van der Waals surface area (Å²) < 4.78 is 16.7. The fourth-order valence-corrected chi connectivity index (χ4v) is 3.30. The van der Waals surface area contributed by atoms with Crippen molar-refractivity contribution in [2.45, 2.75) is 0 Å². The summed E-state index contributed by atoms with van der Waals surface area (Å²) in [6.07, 6.45) is 1.42. The van der Waals surface area contributed by atoms with Crippen LogP contribution < -0.4 is 24.8 Å². The molecule has 0 saturated carbocycles. The van der Waals surface area contributed by atoms with Gasteiger partial charge < -0.3 is 19.5 Å². The lowest BCUT2D eigenvalue weighted by molar-refractivity contribution is 0.0977. The topological polar surface area (TPSA) is 94.6 Å². The standard InChI is InChI=1S/C24H20N4O4S/c1-30-20-12-18-19(13-21(20)31-2)25-14-26-23(18)32-17-10-8-16(9-11-17)27-24(33)28-22(29)15-6-4-3-5-7-15/h3-14H,1-2H3,(H2,27,28,29,33). The van der Waals surface area contributed by atoms with E-state index in [0.29, 0.717) is 45.3 Å². The first-order chi connectivity index (χ1) is 16.1. The second-order valence-corrected chi connectivity index (χ2v) is 7.21. The Labute approximate surface area is 195 Å². The SMILES string of the molecule is COc1cc2ncnc(Oc3ccc(NC(=S)NC(=O)c4ccccc4)cc3)c2cc1OC. The van der Waals surface area contributed by atoms with Crippen LogP contribution in [0.25, 0.3) is 10.9 Å². The van der Waals surface area contributed by atoms with Crippen LogP contribution in [0, 0.1) is 0 Å². The number of anilines is 1. The van der Waals surface area contributed by atoms with Gasteiger partial charge in [-0.1, -0.05) is 18.2 Å². The second kappa shape index (κ2) is 9.92. The molecule has 8 nitrogen and oxygen atoms in total. The highest BCUT2D eigenvalue weighted by Crippen LogP contribution is 2.35. The Hall–Kier alpha value is -4.24. The van der Waals surface area contributed by atoms with E-state index in [2.05, 4.69) is 20.6 Å². The summed E-state index contributed by atoms with van der Waals surface area (Å²) in [6, 6.07) is 19.5. The van der Waals surface area contributed by atoms with Crippen molar-refractivity contribution < 1.29 is 19.0 Å². The predicted molar refractivity (Wildman–Crippen MR) is 129 cm³/mol. The van der Waals surface area contributed by atoms with Crippen LogP contribution in [0.4, 0.5) is 5.69 Å². The van der Waals surface area contributed by atoms with Gasteiger partial charge in [0.25, 0.3) is 5.91 Å². The number of nitrogens with one attached hydrogen (secondary N) is 2. The van der Waals surface area contributed by atoms with Gasteiger partial charge in [-0.15, -0.1) is 0 Å². The molecule has 33 heavy (non-hydrogen) atoms. The first kappa shape index (κ1) is 22.0. The lowest BCUT2D eigenvalue weighted by Gasteiger charge is -2.12. The Morgan fingerprint density at radius 3 is 2.30 bits per heavy atom. The predicted octanol–water partition coefficient (Wildman–Crippen LogP) is 4.57. The number of thiocarbonyl (C=S) groups is 1. The monoisotopic (exact) mass is 460 g/mol. The number of aromatic nitrogens is 2. The summed E-state index contributed by atoms with van der Waals surface area (Å²) in [5, 5.41) is 6.51. The van der Waals surface area contributed by atoms with E-state index in [9.17, 15) is 4.79 Å². The highest BCUT2D eigenvalue weighted by molar-refractivity contribution is 7.80. The van der Waals surface area contributed by atoms with Crippen LogP contribution in [0.3, 0.4) is 0 Å². The minimum absolute atomic E-state index is 0.195. The van der Waals surface area contributed by atoms with E-state index in [1.54, 1.807) is 74.9 Å². The zero-order valence-corrected chi connectivity index (χ0v) is 18.7. The van der Waals surface area contributed by atoms with E-state index >= 15 is 0 Å². The van der Waals surface area contributed by atoms with Crippen molar-refractivity contribution in [3.05, 3.63) is 78.6 Å². The van der Waals surface area contributed by atoms with E-state index < -0.39 is 0 Å². The number of benzene rings is 3. The van der Waals surface area contributed by atoms with E-state index in [4.69, 9.17) is 26.4 Å². The summed E-state index contributed by atoms with van der Waals surface area (Å²) in [7, 11) is 3.13. The molecule has 9 heteroatoms. The number of carbonyl (C=O) groups is 1. The number of amides is 1. The molecule has 1 heterocycles. The van der Waals surface area contributed by atoms with Crippen LogP contribution in [-0.2, 0) is 0 Å². The van der Waals surface area contributed by atoms with Crippen LogP contribution in [0.1, 0.15) is 10.4 Å². The Bertz CT molecular complexity index is 1300. The Balaban J connectivity index is 1.45. The van der Waals surface area contributed by atoms with E-state index in [1.807, 2.05) is 6.07 Å². The molecule has 0 aliphatic rings. The van der Waals surface area contributed by atoms with Gasteiger partial charge in [0.2, 0.25) is 5.88 Å². The van der Waals surface area contributed by atoms with Crippen LogP contribution in [0.2, 0.25) is 0 Å². The molecular formula is C24H20N4O4S. The number of ether oxygens (including phenoxy) is 3. The molecule has 0 radical (unpaired) electrons. The molecule has 0 atom stereocenters.